The third-order valence-electron chi connectivity index (χ3n) is 3.71. The molecular weight excluding hydrogens is 274 g/mol. The summed E-state index contributed by atoms with van der Waals surface area (Å²) in [6.07, 6.45) is 3.96. The van der Waals surface area contributed by atoms with Crippen LogP contribution in [0.15, 0.2) is 28.7 Å². The number of hydrogen-bond acceptors (Lipinski definition) is 1. The molecule has 0 spiro atoms. The summed E-state index contributed by atoms with van der Waals surface area (Å²) in [6, 6.07) is 8.68. The molecule has 94 valence electrons. The van der Waals surface area contributed by atoms with Crippen LogP contribution in [0.2, 0.25) is 0 Å². The number of nitrogens with one attached hydrogen (secondary N) is 1. The van der Waals surface area contributed by atoms with Crippen molar-refractivity contribution in [3.63, 3.8) is 0 Å². The maximum atomic E-state index is 3.70. The second-order valence-corrected chi connectivity index (χ2v) is 7.07. The largest absolute Gasteiger partial charge is 0.311 e. The molecule has 1 aliphatic rings. The lowest BCUT2D eigenvalue weighted by Crippen LogP contribution is -2.49. The lowest BCUT2D eigenvalue weighted by atomic mass is 9.64. The minimum Gasteiger partial charge on any atom is -0.311 e. The van der Waals surface area contributed by atoms with Gasteiger partial charge in [0.05, 0.1) is 0 Å². The van der Waals surface area contributed by atoms with Crippen LogP contribution in [-0.4, -0.2) is 12.1 Å². The van der Waals surface area contributed by atoms with Crippen LogP contribution in [0.3, 0.4) is 0 Å². The zero-order valence-electron chi connectivity index (χ0n) is 11.0. The second kappa shape index (κ2) is 4.74. The molecule has 1 fully saturated rings. The minimum absolute atomic E-state index is 0.198. The zero-order valence-corrected chi connectivity index (χ0v) is 12.6. The molecule has 0 heterocycles. The third-order valence-corrected chi connectivity index (χ3v) is 4.40. The molecule has 0 aliphatic heterocycles. The monoisotopic (exact) mass is 295 g/mol. The van der Waals surface area contributed by atoms with Gasteiger partial charge < -0.3 is 5.32 Å². The highest BCUT2D eigenvalue weighted by Gasteiger charge is 2.40. The van der Waals surface area contributed by atoms with Gasteiger partial charge in [0, 0.05) is 22.0 Å². The summed E-state index contributed by atoms with van der Waals surface area (Å²) in [5, 5.41) is 3.67. The molecule has 17 heavy (non-hydrogen) atoms. The van der Waals surface area contributed by atoms with Gasteiger partial charge in [-0.15, -0.1) is 0 Å². The molecule has 0 saturated heterocycles. The van der Waals surface area contributed by atoms with E-state index in [1.165, 1.54) is 29.3 Å². The lowest BCUT2D eigenvalue weighted by molar-refractivity contribution is 0.212. The Labute approximate surface area is 113 Å². The summed E-state index contributed by atoms with van der Waals surface area (Å²) in [5.41, 5.74) is 2.03. The smallest absolute Gasteiger partial charge is 0.0213 e. The van der Waals surface area contributed by atoms with Gasteiger partial charge in [-0.25, -0.2) is 0 Å². The van der Waals surface area contributed by atoms with Crippen molar-refractivity contribution in [1.82, 2.24) is 5.32 Å². The van der Waals surface area contributed by atoms with Gasteiger partial charge in [-0.1, -0.05) is 40.5 Å². The van der Waals surface area contributed by atoms with Crippen LogP contribution in [0.5, 0.6) is 0 Å². The number of halogens is 1. The highest BCUT2D eigenvalue weighted by atomic mass is 79.9. The average Bonchev–Trinajstić information content (AvgIpc) is 2.17. The maximum absolute atomic E-state index is 3.70. The molecule has 1 nitrogen and oxygen atoms in total. The highest BCUT2D eigenvalue weighted by molar-refractivity contribution is 9.10. The summed E-state index contributed by atoms with van der Waals surface area (Å²) in [5.74, 6) is 0. The quantitative estimate of drug-likeness (QED) is 0.879. The first kappa shape index (κ1) is 13.1. The summed E-state index contributed by atoms with van der Waals surface area (Å²) in [4.78, 5) is 0. The molecule has 2 heteroatoms. The Morgan fingerprint density at radius 3 is 2.35 bits per heavy atom. The highest BCUT2D eigenvalue weighted by Crippen LogP contribution is 2.45. The van der Waals surface area contributed by atoms with E-state index >= 15 is 0 Å². The number of hydrogen-bond donors (Lipinski definition) is 1. The first-order valence-corrected chi connectivity index (χ1v) is 7.22. The van der Waals surface area contributed by atoms with E-state index in [0.717, 1.165) is 6.54 Å². The second-order valence-electron chi connectivity index (χ2n) is 6.22. The van der Waals surface area contributed by atoms with E-state index in [2.05, 4.69) is 66.3 Å². The van der Waals surface area contributed by atoms with E-state index in [1.807, 2.05) is 0 Å². The van der Waals surface area contributed by atoms with Crippen molar-refractivity contribution in [2.45, 2.75) is 51.0 Å². The van der Waals surface area contributed by atoms with Crippen LogP contribution in [0.4, 0.5) is 0 Å². The Morgan fingerprint density at radius 2 is 1.88 bits per heavy atom. The molecule has 1 saturated carbocycles. The lowest BCUT2D eigenvalue weighted by Gasteiger charge is -2.45. The van der Waals surface area contributed by atoms with Crippen molar-refractivity contribution < 1.29 is 0 Å². The molecule has 0 aromatic heterocycles. The molecular formula is C15H22BrN. The zero-order chi connectivity index (χ0) is 12.5. The summed E-state index contributed by atoms with van der Waals surface area (Å²) >= 11 is 3.70. The molecule has 0 atom stereocenters. The number of benzene rings is 1. The Bertz CT molecular complexity index is 388. The number of rotatable bonds is 3. The van der Waals surface area contributed by atoms with Gasteiger partial charge in [0.2, 0.25) is 0 Å². The van der Waals surface area contributed by atoms with Crippen LogP contribution >= 0.6 is 15.9 Å². The fraction of sp³-hybridized carbons (Fsp3) is 0.600. The Morgan fingerprint density at radius 1 is 1.24 bits per heavy atom. The van der Waals surface area contributed by atoms with Gasteiger partial charge in [0.1, 0.15) is 0 Å². The Hall–Kier alpha value is -0.340. The first-order chi connectivity index (χ1) is 7.93. The normalized spacial score (nSPS) is 18.8. The van der Waals surface area contributed by atoms with Gasteiger partial charge in [-0.05, 0) is 45.2 Å². The molecule has 0 bridgehead atoms. The predicted octanol–water partition coefficient (Wildman–Crippen LogP) is 4.26. The predicted molar refractivity (Wildman–Crippen MR) is 77.4 cm³/mol. The molecule has 2 rings (SSSR count). The topological polar surface area (TPSA) is 12.0 Å². The van der Waals surface area contributed by atoms with Crippen LogP contribution in [0.1, 0.15) is 45.6 Å². The van der Waals surface area contributed by atoms with Gasteiger partial charge in [0.25, 0.3) is 0 Å². The summed E-state index contributed by atoms with van der Waals surface area (Å²) < 4.78 is 1.26. The van der Waals surface area contributed by atoms with Gasteiger partial charge in [-0.3, -0.25) is 0 Å². The van der Waals surface area contributed by atoms with Crippen LogP contribution in [-0.2, 0) is 5.41 Å². The molecule has 1 aliphatic carbocycles. The van der Waals surface area contributed by atoms with Crippen LogP contribution in [0.25, 0.3) is 0 Å². The van der Waals surface area contributed by atoms with Crippen LogP contribution < -0.4 is 5.32 Å². The van der Waals surface area contributed by atoms with E-state index in [-0.39, 0.29) is 5.54 Å². The van der Waals surface area contributed by atoms with Gasteiger partial charge >= 0.3 is 0 Å². The summed E-state index contributed by atoms with van der Waals surface area (Å²) in [6.45, 7) is 7.79. The van der Waals surface area contributed by atoms with E-state index in [4.69, 9.17) is 0 Å². The molecule has 1 aromatic rings. The van der Waals surface area contributed by atoms with Crippen molar-refractivity contribution in [2.24, 2.45) is 0 Å². The van der Waals surface area contributed by atoms with Crippen molar-refractivity contribution >= 4 is 15.9 Å². The van der Waals surface area contributed by atoms with Crippen molar-refractivity contribution in [1.29, 1.82) is 0 Å². The fourth-order valence-electron chi connectivity index (χ4n) is 2.47. The third kappa shape index (κ3) is 2.92. The van der Waals surface area contributed by atoms with E-state index < -0.39 is 0 Å². The summed E-state index contributed by atoms with van der Waals surface area (Å²) in [7, 11) is 0. The molecule has 1 N–H and O–H groups in total. The molecule has 0 amide bonds. The molecule has 1 aromatic carbocycles. The average molecular weight is 296 g/mol. The van der Waals surface area contributed by atoms with Crippen molar-refractivity contribution in [3.8, 4) is 0 Å². The van der Waals surface area contributed by atoms with E-state index in [9.17, 15) is 0 Å². The van der Waals surface area contributed by atoms with Crippen molar-refractivity contribution in [3.05, 3.63) is 34.3 Å². The standard InChI is InChI=1S/C15H22BrN/c1-14(2,3)17-11-15(9-6-10-15)12-7-4-5-8-13(12)16/h4-5,7-8,17H,6,9-11H2,1-3H3. The van der Waals surface area contributed by atoms with E-state index in [1.54, 1.807) is 0 Å². The first-order valence-electron chi connectivity index (χ1n) is 6.43. The van der Waals surface area contributed by atoms with Crippen LogP contribution in [0, 0.1) is 0 Å². The SMILES string of the molecule is CC(C)(C)NCC1(c2ccccc2Br)CCC1. The van der Waals surface area contributed by atoms with Crippen molar-refractivity contribution in [2.75, 3.05) is 6.54 Å². The maximum Gasteiger partial charge on any atom is 0.0213 e. The Kier molecular flexibility index (Phi) is 3.65. The molecule has 0 unspecified atom stereocenters. The molecule has 0 radical (unpaired) electrons. The Balaban J connectivity index is 2.18. The van der Waals surface area contributed by atoms with Gasteiger partial charge in [0.15, 0.2) is 0 Å². The van der Waals surface area contributed by atoms with Gasteiger partial charge in [-0.2, -0.15) is 0 Å². The van der Waals surface area contributed by atoms with E-state index in [0.29, 0.717) is 5.41 Å². The fourth-order valence-corrected chi connectivity index (χ4v) is 3.18. The minimum atomic E-state index is 0.198.